The van der Waals surface area contributed by atoms with E-state index in [1.54, 1.807) is 18.3 Å². The van der Waals surface area contributed by atoms with E-state index in [9.17, 15) is 9.90 Å². The van der Waals surface area contributed by atoms with Crippen LogP contribution in [0.15, 0.2) is 85.1 Å². The number of anilines is 1. The summed E-state index contributed by atoms with van der Waals surface area (Å²) in [7, 11) is 0. The Kier molecular flexibility index (Phi) is 5.85. The highest BCUT2D eigenvalue weighted by molar-refractivity contribution is 5.90. The van der Waals surface area contributed by atoms with Gasteiger partial charge in [0, 0.05) is 22.8 Å². The molecule has 3 aromatic carbocycles. The van der Waals surface area contributed by atoms with Gasteiger partial charge in [0.1, 0.15) is 11.3 Å². The highest BCUT2D eigenvalue weighted by Crippen LogP contribution is 2.36. The Hall–Kier alpha value is -3.86. The number of aromatic hydroxyl groups is 1. The third kappa shape index (κ3) is 4.51. The van der Waals surface area contributed by atoms with Gasteiger partial charge in [-0.05, 0) is 49.7 Å². The van der Waals surface area contributed by atoms with Crippen LogP contribution < -0.4 is 5.32 Å². The summed E-state index contributed by atoms with van der Waals surface area (Å²) in [5, 5.41) is 15.4. The fourth-order valence-electron chi connectivity index (χ4n) is 3.52. The molecule has 0 fully saturated rings. The number of hydrogen-bond acceptors (Lipinski definition) is 5. The number of carbonyl (C=O) groups excluding carboxylic acids is 1. The van der Waals surface area contributed by atoms with E-state index < -0.39 is 0 Å². The number of nitrogens with one attached hydrogen (secondary N) is 1. The molecule has 0 aliphatic rings. The number of benzene rings is 3. The lowest BCUT2D eigenvalue weighted by Crippen LogP contribution is -2.14. The largest absolute Gasteiger partial charge is 0.505 e. The molecule has 0 aliphatic heterocycles. The smallest absolute Gasteiger partial charge is 0.338 e. The summed E-state index contributed by atoms with van der Waals surface area (Å²) in [6.45, 7) is 3.65. The van der Waals surface area contributed by atoms with Crippen LogP contribution in [-0.4, -0.2) is 22.2 Å². The van der Waals surface area contributed by atoms with Crippen molar-refractivity contribution in [1.82, 2.24) is 4.98 Å². The molecule has 0 amide bonds. The molecule has 156 valence electrons. The molecule has 1 aromatic heterocycles. The number of aromatic nitrogens is 1. The molecule has 0 saturated carbocycles. The lowest BCUT2D eigenvalue weighted by molar-refractivity contribution is 0.0378. The molecular formula is C26H24N2O3. The maximum Gasteiger partial charge on any atom is 0.338 e. The van der Waals surface area contributed by atoms with E-state index in [0.717, 1.165) is 22.2 Å². The van der Waals surface area contributed by atoms with E-state index in [2.05, 4.69) is 10.3 Å². The number of carbonyl (C=O) groups is 1. The Morgan fingerprint density at radius 1 is 0.935 bits per heavy atom. The normalized spacial score (nSPS) is 12.0. The average molecular weight is 412 g/mol. The predicted molar refractivity (Wildman–Crippen MR) is 122 cm³/mol. The van der Waals surface area contributed by atoms with Crippen molar-refractivity contribution < 1.29 is 14.6 Å². The van der Waals surface area contributed by atoms with Crippen LogP contribution >= 0.6 is 0 Å². The lowest BCUT2D eigenvalue weighted by atomic mass is 9.96. The number of phenols is 1. The predicted octanol–water partition coefficient (Wildman–Crippen LogP) is 5.71. The van der Waals surface area contributed by atoms with Crippen LogP contribution in [0.25, 0.3) is 10.9 Å². The molecule has 2 N–H and O–H groups in total. The third-order valence-corrected chi connectivity index (χ3v) is 5.00. The van der Waals surface area contributed by atoms with Gasteiger partial charge in [0.15, 0.2) is 0 Å². The Morgan fingerprint density at radius 3 is 2.39 bits per heavy atom. The van der Waals surface area contributed by atoms with Crippen LogP contribution in [-0.2, 0) is 4.74 Å². The SMILES string of the molecule is CC(C)OC(=O)c1ccc(NC(c2ccccc2)c2ccc3cccnc3c2O)cc1. The van der Waals surface area contributed by atoms with Crippen molar-refractivity contribution >= 4 is 22.6 Å². The van der Waals surface area contributed by atoms with Gasteiger partial charge in [0.25, 0.3) is 0 Å². The molecular weight excluding hydrogens is 388 g/mol. The molecule has 4 rings (SSSR count). The van der Waals surface area contributed by atoms with Crippen LogP contribution in [0.4, 0.5) is 5.69 Å². The van der Waals surface area contributed by atoms with Gasteiger partial charge in [-0.15, -0.1) is 0 Å². The van der Waals surface area contributed by atoms with E-state index in [4.69, 9.17) is 4.74 Å². The van der Waals surface area contributed by atoms with Crippen molar-refractivity contribution in [3.8, 4) is 5.75 Å². The zero-order chi connectivity index (χ0) is 21.8. The monoisotopic (exact) mass is 412 g/mol. The second-order valence-electron chi connectivity index (χ2n) is 7.60. The first kappa shape index (κ1) is 20.4. The highest BCUT2D eigenvalue weighted by Gasteiger charge is 2.20. The number of hydrogen-bond donors (Lipinski definition) is 2. The molecule has 0 spiro atoms. The summed E-state index contributed by atoms with van der Waals surface area (Å²) >= 11 is 0. The Morgan fingerprint density at radius 2 is 1.68 bits per heavy atom. The maximum absolute atomic E-state index is 12.1. The Bertz CT molecular complexity index is 1190. The van der Waals surface area contributed by atoms with Crippen molar-refractivity contribution in [3.05, 3.63) is 102 Å². The number of rotatable bonds is 6. The summed E-state index contributed by atoms with van der Waals surface area (Å²) in [5.74, 6) is -0.198. The summed E-state index contributed by atoms with van der Waals surface area (Å²) in [4.78, 5) is 16.5. The third-order valence-electron chi connectivity index (χ3n) is 5.00. The number of pyridine rings is 1. The molecule has 5 heteroatoms. The zero-order valence-corrected chi connectivity index (χ0v) is 17.4. The molecule has 4 aromatic rings. The molecule has 0 bridgehead atoms. The van der Waals surface area contributed by atoms with Gasteiger partial charge >= 0.3 is 5.97 Å². The van der Waals surface area contributed by atoms with Crippen molar-refractivity contribution in [2.24, 2.45) is 0 Å². The summed E-state index contributed by atoms with van der Waals surface area (Å²) in [5.41, 5.74) is 3.59. The van der Waals surface area contributed by atoms with Gasteiger partial charge < -0.3 is 15.2 Å². The highest BCUT2D eigenvalue weighted by atomic mass is 16.5. The van der Waals surface area contributed by atoms with Crippen molar-refractivity contribution in [2.45, 2.75) is 26.0 Å². The van der Waals surface area contributed by atoms with Gasteiger partial charge in [-0.2, -0.15) is 0 Å². The summed E-state index contributed by atoms with van der Waals surface area (Å²) in [6, 6.07) is 24.4. The molecule has 0 saturated heterocycles. The number of nitrogens with zero attached hydrogens (tertiary/aromatic N) is 1. The van der Waals surface area contributed by atoms with E-state index >= 15 is 0 Å². The van der Waals surface area contributed by atoms with Gasteiger partial charge in [-0.3, -0.25) is 4.98 Å². The van der Waals surface area contributed by atoms with Crippen molar-refractivity contribution in [2.75, 3.05) is 5.32 Å². The molecule has 1 unspecified atom stereocenters. The van der Waals surface area contributed by atoms with Crippen LogP contribution in [0.2, 0.25) is 0 Å². The average Bonchev–Trinajstić information content (AvgIpc) is 2.79. The second-order valence-corrected chi connectivity index (χ2v) is 7.60. The number of phenolic OH excluding ortho intramolecular Hbond substituents is 1. The van der Waals surface area contributed by atoms with E-state index in [1.807, 2.05) is 80.6 Å². The minimum Gasteiger partial charge on any atom is -0.505 e. The number of fused-ring (bicyclic) bond motifs is 1. The molecule has 1 heterocycles. The first-order valence-corrected chi connectivity index (χ1v) is 10.2. The minimum atomic E-state index is -0.348. The Balaban J connectivity index is 1.69. The van der Waals surface area contributed by atoms with Crippen molar-refractivity contribution in [3.63, 3.8) is 0 Å². The standard InChI is InChI=1S/C26H24N2O3/c1-17(2)31-26(30)20-10-13-21(14-11-20)28-23(18-7-4-3-5-8-18)22-15-12-19-9-6-16-27-24(19)25(22)29/h3-17,23,28-29H,1-2H3. The lowest BCUT2D eigenvalue weighted by Gasteiger charge is -2.22. The van der Waals surface area contributed by atoms with Gasteiger partial charge in [-0.1, -0.05) is 48.5 Å². The molecule has 0 radical (unpaired) electrons. The van der Waals surface area contributed by atoms with Crippen LogP contribution in [0.3, 0.4) is 0 Å². The van der Waals surface area contributed by atoms with Gasteiger partial charge in [0.2, 0.25) is 0 Å². The molecule has 1 atom stereocenters. The first-order valence-electron chi connectivity index (χ1n) is 10.2. The van der Waals surface area contributed by atoms with Crippen LogP contribution in [0.5, 0.6) is 5.75 Å². The zero-order valence-electron chi connectivity index (χ0n) is 17.4. The second kappa shape index (κ2) is 8.88. The number of esters is 1. The Labute approximate surface area is 181 Å². The molecule has 5 nitrogen and oxygen atoms in total. The van der Waals surface area contributed by atoms with Gasteiger partial charge in [0.05, 0.1) is 17.7 Å². The molecule has 0 aliphatic carbocycles. The minimum absolute atomic E-state index is 0.150. The van der Waals surface area contributed by atoms with E-state index in [0.29, 0.717) is 11.1 Å². The maximum atomic E-state index is 12.1. The quantitative estimate of drug-likeness (QED) is 0.397. The van der Waals surface area contributed by atoms with Crippen molar-refractivity contribution in [1.29, 1.82) is 0 Å². The van der Waals surface area contributed by atoms with E-state index in [-0.39, 0.29) is 23.9 Å². The fourth-order valence-corrected chi connectivity index (χ4v) is 3.52. The molecule has 31 heavy (non-hydrogen) atoms. The fraction of sp³-hybridized carbons (Fsp3) is 0.154. The summed E-state index contributed by atoms with van der Waals surface area (Å²) in [6.07, 6.45) is 1.50. The van der Waals surface area contributed by atoms with Crippen LogP contribution in [0.1, 0.15) is 41.4 Å². The summed E-state index contributed by atoms with van der Waals surface area (Å²) < 4.78 is 5.25. The number of ether oxygens (including phenoxy) is 1. The van der Waals surface area contributed by atoms with Crippen LogP contribution in [0, 0.1) is 0 Å². The first-order chi connectivity index (χ1) is 15.0. The van der Waals surface area contributed by atoms with Gasteiger partial charge in [-0.25, -0.2) is 4.79 Å². The topological polar surface area (TPSA) is 71.5 Å². The van der Waals surface area contributed by atoms with E-state index in [1.165, 1.54) is 0 Å².